The summed E-state index contributed by atoms with van der Waals surface area (Å²) in [6.45, 7) is 0.973. The van der Waals surface area contributed by atoms with E-state index in [0.717, 1.165) is 0 Å². The predicted octanol–water partition coefficient (Wildman–Crippen LogP) is 2.60. The molecule has 0 bridgehead atoms. The highest BCUT2D eigenvalue weighted by molar-refractivity contribution is 6.35. The highest BCUT2D eigenvalue weighted by Crippen LogP contribution is 2.27. The van der Waals surface area contributed by atoms with Gasteiger partial charge in [-0.3, -0.25) is 0 Å². The van der Waals surface area contributed by atoms with E-state index in [1.54, 1.807) is 18.2 Å². The SMILES string of the molecule is CNCC#CCOc1ccc(Cl)cc1Cl. The summed E-state index contributed by atoms with van der Waals surface area (Å²) in [4.78, 5) is 0. The Labute approximate surface area is 99.5 Å². The first-order chi connectivity index (χ1) is 7.24. The van der Waals surface area contributed by atoms with Crippen LogP contribution in [-0.2, 0) is 0 Å². The minimum absolute atomic E-state index is 0.322. The second kappa shape index (κ2) is 6.58. The molecule has 0 aromatic heterocycles. The van der Waals surface area contributed by atoms with Gasteiger partial charge in [0.25, 0.3) is 0 Å². The first-order valence-electron chi connectivity index (χ1n) is 4.42. The molecule has 0 fully saturated rings. The molecule has 1 N–H and O–H groups in total. The van der Waals surface area contributed by atoms with Crippen molar-refractivity contribution in [2.75, 3.05) is 20.2 Å². The van der Waals surface area contributed by atoms with Crippen molar-refractivity contribution < 1.29 is 4.74 Å². The maximum atomic E-state index is 5.90. The Hall–Kier alpha value is -0.880. The summed E-state index contributed by atoms with van der Waals surface area (Å²) in [6.07, 6.45) is 0. The minimum atomic E-state index is 0.322. The average Bonchev–Trinajstić information content (AvgIpc) is 2.20. The van der Waals surface area contributed by atoms with Gasteiger partial charge in [0.2, 0.25) is 0 Å². The Kier molecular flexibility index (Phi) is 5.34. The van der Waals surface area contributed by atoms with Crippen LogP contribution in [0.15, 0.2) is 18.2 Å². The van der Waals surface area contributed by atoms with E-state index in [1.165, 1.54) is 0 Å². The molecule has 0 saturated heterocycles. The van der Waals surface area contributed by atoms with Crippen molar-refractivity contribution in [2.45, 2.75) is 0 Å². The monoisotopic (exact) mass is 243 g/mol. The molecule has 1 aromatic carbocycles. The van der Waals surface area contributed by atoms with Gasteiger partial charge in [0.15, 0.2) is 0 Å². The standard InChI is InChI=1S/C11H11Cl2NO/c1-14-6-2-3-7-15-11-5-4-9(12)8-10(11)13/h4-5,8,14H,6-7H2,1H3. The number of hydrogen-bond donors (Lipinski definition) is 1. The van der Waals surface area contributed by atoms with Crippen molar-refractivity contribution in [3.8, 4) is 17.6 Å². The van der Waals surface area contributed by atoms with E-state index in [-0.39, 0.29) is 0 Å². The van der Waals surface area contributed by atoms with E-state index < -0.39 is 0 Å². The van der Waals surface area contributed by atoms with Gasteiger partial charge in [-0.25, -0.2) is 0 Å². The Balaban J connectivity index is 2.48. The number of ether oxygens (including phenoxy) is 1. The molecular formula is C11H11Cl2NO. The lowest BCUT2D eigenvalue weighted by atomic mass is 10.3. The number of halogens is 2. The molecule has 0 aliphatic rings. The molecule has 2 nitrogen and oxygen atoms in total. The fourth-order valence-electron chi connectivity index (χ4n) is 0.908. The lowest BCUT2D eigenvalue weighted by Gasteiger charge is -2.04. The smallest absolute Gasteiger partial charge is 0.149 e. The Morgan fingerprint density at radius 1 is 1.33 bits per heavy atom. The molecule has 0 spiro atoms. The summed E-state index contributed by atoms with van der Waals surface area (Å²) < 4.78 is 5.35. The van der Waals surface area contributed by atoms with Crippen molar-refractivity contribution in [2.24, 2.45) is 0 Å². The maximum Gasteiger partial charge on any atom is 0.149 e. The van der Waals surface area contributed by atoms with E-state index in [0.29, 0.717) is 28.9 Å². The molecule has 0 saturated carbocycles. The van der Waals surface area contributed by atoms with Gasteiger partial charge < -0.3 is 10.1 Å². The quantitative estimate of drug-likeness (QED) is 0.825. The second-order valence-electron chi connectivity index (χ2n) is 2.75. The van der Waals surface area contributed by atoms with Gasteiger partial charge in [0, 0.05) is 5.02 Å². The number of benzene rings is 1. The van der Waals surface area contributed by atoms with Crippen molar-refractivity contribution in [3.63, 3.8) is 0 Å². The largest absolute Gasteiger partial charge is 0.479 e. The molecule has 4 heteroatoms. The van der Waals surface area contributed by atoms with E-state index >= 15 is 0 Å². The third kappa shape index (κ3) is 4.44. The van der Waals surface area contributed by atoms with Crippen LogP contribution < -0.4 is 10.1 Å². The van der Waals surface area contributed by atoms with Crippen LogP contribution in [0.1, 0.15) is 0 Å². The summed E-state index contributed by atoms with van der Waals surface area (Å²) in [5, 5.41) is 4.00. The van der Waals surface area contributed by atoms with Gasteiger partial charge in [-0.15, -0.1) is 0 Å². The molecule has 0 aliphatic carbocycles. The van der Waals surface area contributed by atoms with E-state index in [9.17, 15) is 0 Å². The average molecular weight is 244 g/mol. The Morgan fingerprint density at radius 3 is 2.80 bits per heavy atom. The van der Waals surface area contributed by atoms with Crippen LogP contribution in [0.25, 0.3) is 0 Å². The van der Waals surface area contributed by atoms with Crippen LogP contribution in [-0.4, -0.2) is 20.2 Å². The van der Waals surface area contributed by atoms with Gasteiger partial charge in [-0.2, -0.15) is 0 Å². The Morgan fingerprint density at radius 2 is 2.13 bits per heavy atom. The summed E-state index contributed by atoms with van der Waals surface area (Å²) in [5.74, 6) is 6.33. The molecule has 1 rings (SSSR count). The molecule has 80 valence electrons. The molecule has 1 aromatic rings. The van der Waals surface area contributed by atoms with Crippen LogP contribution in [0.2, 0.25) is 10.0 Å². The zero-order chi connectivity index (χ0) is 11.1. The van der Waals surface area contributed by atoms with Crippen LogP contribution in [0.4, 0.5) is 0 Å². The lowest BCUT2D eigenvalue weighted by molar-refractivity contribution is 0.370. The third-order valence-corrected chi connectivity index (χ3v) is 2.11. The number of nitrogens with one attached hydrogen (secondary N) is 1. The highest BCUT2D eigenvalue weighted by atomic mass is 35.5. The molecule has 0 unspecified atom stereocenters. The molecule has 0 aliphatic heterocycles. The Bertz CT molecular complexity index is 382. The molecule has 0 atom stereocenters. The molecule has 0 radical (unpaired) electrons. The maximum absolute atomic E-state index is 5.90. The molecule has 0 heterocycles. The van der Waals surface area contributed by atoms with Crippen molar-refractivity contribution in [1.82, 2.24) is 5.32 Å². The lowest BCUT2D eigenvalue weighted by Crippen LogP contribution is -2.05. The van der Waals surface area contributed by atoms with Crippen molar-refractivity contribution >= 4 is 23.2 Å². The van der Waals surface area contributed by atoms with Gasteiger partial charge in [0.1, 0.15) is 12.4 Å². The molecular weight excluding hydrogens is 233 g/mol. The van der Waals surface area contributed by atoms with Crippen molar-refractivity contribution in [1.29, 1.82) is 0 Å². The zero-order valence-corrected chi connectivity index (χ0v) is 9.82. The van der Waals surface area contributed by atoms with E-state index in [4.69, 9.17) is 27.9 Å². The van der Waals surface area contributed by atoms with Crippen LogP contribution in [0, 0.1) is 11.8 Å². The first-order valence-corrected chi connectivity index (χ1v) is 5.18. The topological polar surface area (TPSA) is 21.3 Å². The number of hydrogen-bond acceptors (Lipinski definition) is 2. The van der Waals surface area contributed by atoms with Gasteiger partial charge in [-0.1, -0.05) is 35.0 Å². The van der Waals surface area contributed by atoms with Gasteiger partial charge >= 0.3 is 0 Å². The van der Waals surface area contributed by atoms with Crippen LogP contribution >= 0.6 is 23.2 Å². The van der Waals surface area contributed by atoms with Crippen LogP contribution in [0.3, 0.4) is 0 Å². The fourth-order valence-corrected chi connectivity index (χ4v) is 1.37. The summed E-state index contributed by atoms with van der Waals surface area (Å²) in [6, 6.07) is 5.09. The van der Waals surface area contributed by atoms with Gasteiger partial charge in [0.05, 0.1) is 11.6 Å². The highest BCUT2D eigenvalue weighted by Gasteiger charge is 2.00. The third-order valence-electron chi connectivity index (χ3n) is 1.58. The normalized spacial score (nSPS) is 9.27. The summed E-state index contributed by atoms with van der Waals surface area (Å²) >= 11 is 11.6. The summed E-state index contributed by atoms with van der Waals surface area (Å²) in [5.41, 5.74) is 0. The fraction of sp³-hybridized carbons (Fsp3) is 0.273. The molecule has 15 heavy (non-hydrogen) atoms. The molecule has 0 amide bonds. The van der Waals surface area contributed by atoms with Crippen LogP contribution in [0.5, 0.6) is 5.75 Å². The van der Waals surface area contributed by atoms with E-state index in [1.807, 2.05) is 7.05 Å². The number of rotatable bonds is 3. The summed E-state index contributed by atoms with van der Waals surface area (Å²) in [7, 11) is 1.84. The zero-order valence-electron chi connectivity index (χ0n) is 8.31. The first kappa shape index (κ1) is 12.2. The van der Waals surface area contributed by atoms with E-state index in [2.05, 4.69) is 17.2 Å². The van der Waals surface area contributed by atoms with Gasteiger partial charge in [-0.05, 0) is 25.2 Å². The second-order valence-corrected chi connectivity index (χ2v) is 3.59. The predicted molar refractivity (Wildman–Crippen MR) is 63.7 cm³/mol. The minimum Gasteiger partial charge on any atom is -0.479 e. The van der Waals surface area contributed by atoms with Crippen molar-refractivity contribution in [3.05, 3.63) is 28.2 Å².